The van der Waals surface area contributed by atoms with Crippen LogP contribution in [0.15, 0.2) is 115 Å². The summed E-state index contributed by atoms with van der Waals surface area (Å²) in [5, 5.41) is 33.8. The van der Waals surface area contributed by atoms with Crippen LogP contribution < -0.4 is 0 Å². The lowest BCUT2D eigenvalue weighted by Gasteiger charge is -2.16. The summed E-state index contributed by atoms with van der Waals surface area (Å²) < 4.78 is 4.60. The highest BCUT2D eigenvalue weighted by atomic mass is 32.1. The molecule has 2 aromatic heterocycles. The lowest BCUT2D eigenvalue weighted by molar-refractivity contribution is 1.48. The summed E-state index contributed by atoms with van der Waals surface area (Å²) in [6.07, 6.45) is 0. The fourth-order valence-electron chi connectivity index (χ4n) is 6.24. The highest BCUT2D eigenvalue weighted by Gasteiger charge is 2.19. The van der Waals surface area contributed by atoms with Gasteiger partial charge < -0.3 is 0 Å². The molecule has 0 radical (unpaired) electrons. The van der Waals surface area contributed by atoms with Crippen LogP contribution in [0, 0.1) is 34.0 Å². The molecule has 0 saturated heterocycles. The number of hydrogen-bond acceptors (Lipinski definition) is 5. The average Bonchev–Trinajstić information content (AvgIpc) is 3.65. The largest absolute Gasteiger partial charge is 0.192 e. The van der Waals surface area contributed by atoms with E-state index < -0.39 is 0 Å². The van der Waals surface area contributed by atoms with E-state index in [9.17, 15) is 15.8 Å². The summed E-state index contributed by atoms with van der Waals surface area (Å²) >= 11 is 3.45. The van der Waals surface area contributed by atoms with E-state index in [0.29, 0.717) is 16.7 Å². The van der Waals surface area contributed by atoms with Gasteiger partial charge in [-0.05, 0) is 88.5 Å². The zero-order chi connectivity index (χ0) is 29.8. The Morgan fingerprint density at radius 1 is 0.409 bits per heavy atom. The first-order valence-electron chi connectivity index (χ1n) is 14.0. The number of nitrogens with zero attached hydrogens (tertiary/aromatic N) is 3. The molecule has 0 amide bonds. The second kappa shape index (κ2) is 10.2. The van der Waals surface area contributed by atoms with Gasteiger partial charge in [-0.1, -0.05) is 54.6 Å². The third-order valence-electron chi connectivity index (χ3n) is 8.21. The Balaban J connectivity index is 1.45. The summed E-state index contributed by atoms with van der Waals surface area (Å²) in [5.74, 6) is 0. The first kappa shape index (κ1) is 25.9. The maximum absolute atomic E-state index is 10.1. The van der Waals surface area contributed by atoms with Crippen LogP contribution in [-0.2, 0) is 0 Å². The highest BCUT2D eigenvalue weighted by molar-refractivity contribution is 7.26. The van der Waals surface area contributed by atoms with E-state index in [-0.39, 0.29) is 0 Å². The molecule has 0 atom stereocenters. The van der Waals surface area contributed by atoms with Gasteiger partial charge in [0.25, 0.3) is 0 Å². The molecule has 0 bridgehead atoms. The van der Waals surface area contributed by atoms with Crippen LogP contribution in [0.3, 0.4) is 0 Å². The number of benzene rings is 6. The molecule has 0 unspecified atom stereocenters. The van der Waals surface area contributed by atoms with Gasteiger partial charge in [0.05, 0.1) is 34.9 Å². The van der Waals surface area contributed by atoms with Crippen LogP contribution in [0.5, 0.6) is 0 Å². The maximum atomic E-state index is 10.1. The topological polar surface area (TPSA) is 71.4 Å². The molecule has 0 aliphatic carbocycles. The van der Waals surface area contributed by atoms with Gasteiger partial charge in [-0.15, -0.1) is 22.7 Å². The van der Waals surface area contributed by atoms with Crippen molar-refractivity contribution in [3.63, 3.8) is 0 Å². The Morgan fingerprint density at radius 2 is 1.00 bits per heavy atom. The molecule has 0 saturated carbocycles. The van der Waals surface area contributed by atoms with Crippen molar-refractivity contribution < 1.29 is 0 Å². The normalized spacial score (nSPS) is 11.1. The first-order valence-corrected chi connectivity index (χ1v) is 15.6. The lowest BCUT2D eigenvalue weighted by atomic mass is 9.87. The molecule has 0 aliphatic heterocycles. The van der Waals surface area contributed by atoms with Crippen molar-refractivity contribution in [3.05, 3.63) is 132 Å². The van der Waals surface area contributed by atoms with E-state index >= 15 is 0 Å². The molecule has 3 nitrogen and oxygen atoms in total. The average molecular weight is 594 g/mol. The molecule has 8 rings (SSSR count). The number of hydrogen-bond donors (Lipinski definition) is 0. The number of rotatable bonds is 3. The standard InChI is InChI=1S/C39H19N3S2/c40-20-23-11-15-34-32(17-23)38-28(7-3-9-36(38)43-34)25-13-14-29(31(19-25)27-6-2-1-5-26(27)22-42)30-8-4-10-37-39(30)33-18-24(21-41)12-16-35(33)44-37/h1-19H. The highest BCUT2D eigenvalue weighted by Crippen LogP contribution is 2.46. The van der Waals surface area contributed by atoms with Crippen molar-refractivity contribution in [1.82, 2.24) is 0 Å². The smallest absolute Gasteiger partial charge is 0.0998 e. The van der Waals surface area contributed by atoms with Crippen LogP contribution in [0.1, 0.15) is 16.7 Å². The van der Waals surface area contributed by atoms with Gasteiger partial charge in [0, 0.05) is 45.9 Å². The van der Waals surface area contributed by atoms with E-state index in [1.165, 1.54) is 4.70 Å². The summed E-state index contributed by atoms with van der Waals surface area (Å²) in [6, 6.07) is 45.7. The third-order valence-corrected chi connectivity index (χ3v) is 10.5. The van der Waals surface area contributed by atoms with Crippen molar-refractivity contribution in [3.8, 4) is 51.6 Å². The number of fused-ring (bicyclic) bond motifs is 6. The molecule has 202 valence electrons. The Bertz CT molecular complexity index is 2600. The lowest BCUT2D eigenvalue weighted by Crippen LogP contribution is -1.91. The molecule has 0 fully saturated rings. The quantitative estimate of drug-likeness (QED) is 0.205. The zero-order valence-electron chi connectivity index (χ0n) is 23.1. The van der Waals surface area contributed by atoms with Crippen molar-refractivity contribution in [2.24, 2.45) is 0 Å². The predicted octanol–water partition coefficient (Wildman–Crippen LogP) is 11.0. The summed E-state index contributed by atoms with van der Waals surface area (Å²) in [7, 11) is 0. The Labute approximate surface area is 261 Å². The van der Waals surface area contributed by atoms with Gasteiger partial charge in [0.1, 0.15) is 0 Å². The second-order valence-corrected chi connectivity index (χ2v) is 12.8. The van der Waals surface area contributed by atoms with Crippen LogP contribution in [0.4, 0.5) is 0 Å². The first-order chi connectivity index (χ1) is 21.7. The van der Waals surface area contributed by atoms with Crippen molar-refractivity contribution in [1.29, 1.82) is 15.8 Å². The number of thiophene rings is 2. The molecular formula is C39H19N3S2. The molecule has 0 N–H and O–H groups in total. The molecule has 0 spiro atoms. The van der Waals surface area contributed by atoms with Gasteiger partial charge in [0.2, 0.25) is 0 Å². The maximum Gasteiger partial charge on any atom is 0.0998 e. The predicted molar refractivity (Wildman–Crippen MR) is 183 cm³/mol. The fraction of sp³-hybridized carbons (Fsp3) is 0. The zero-order valence-corrected chi connectivity index (χ0v) is 24.8. The van der Waals surface area contributed by atoms with Crippen molar-refractivity contribution in [2.45, 2.75) is 0 Å². The van der Waals surface area contributed by atoms with Crippen LogP contribution in [-0.4, -0.2) is 0 Å². The second-order valence-electron chi connectivity index (χ2n) is 10.6. The van der Waals surface area contributed by atoms with Crippen LogP contribution in [0.25, 0.3) is 73.7 Å². The molecule has 8 aromatic rings. The Hall–Kier alpha value is -5.77. The van der Waals surface area contributed by atoms with Gasteiger partial charge >= 0.3 is 0 Å². The van der Waals surface area contributed by atoms with E-state index in [1.807, 2.05) is 60.7 Å². The monoisotopic (exact) mass is 593 g/mol. The minimum Gasteiger partial charge on any atom is -0.192 e. The van der Waals surface area contributed by atoms with Crippen molar-refractivity contribution >= 4 is 63.0 Å². The Kier molecular flexibility index (Phi) is 6.00. The summed E-state index contributed by atoms with van der Waals surface area (Å²) in [6.45, 7) is 0. The molecule has 2 heterocycles. The van der Waals surface area contributed by atoms with Gasteiger partial charge in [-0.25, -0.2) is 0 Å². The van der Waals surface area contributed by atoms with Crippen molar-refractivity contribution in [2.75, 3.05) is 0 Å². The summed E-state index contributed by atoms with van der Waals surface area (Å²) in [5.41, 5.74) is 7.94. The Morgan fingerprint density at radius 3 is 1.64 bits per heavy atom. The van der Waals surface area contributed by atoms with E-state index in [2.05, 4.69) is 72.8 Å². The molecule has 44 heavy (non-hydrogen) atoms. The number of nitriles is 3. The van der Waals surface area contributed by atoms with Crippen LogP contribution >= 0.6 is 22.7 Å². The third kappa shape index (κ3) is 3.98. The fourth-order valence-corrected chi connectivity index (χ4v) is 8.47. The van der Waals surface area contributed by atoms with E-state index in [1.54, 1.807) is 22.7 Å². The van der Waals surface area contributed by atoms with E-state index in [4.69, 9.17) is 0 Å². The summed E-state index contributed by atoms with van der Waals surface area (Å²) in [4.78, 5) is 0. The molecule has 6 aromatic carbocycles. The van der Waals surface area contributed by atoms with Crippen LogP contribution in [0.2, 0.25) is 0 Å². The van der Waals surface area contributed by atoms with Gasteiger partial charge in [-0.2, -0.15) is 15.8 Å². The molecular weight excluding hydrogens is 575 g/mol. The van der Waals surface area contributed by atoms with E-state index in [0.717, 1.165) is 69.0 Å². The van der Waals surface area contributed by atoms with Gasteiger partial charge in [-0.3, -0.25) is 0 Å². The SMILES string of the molecule is N#Cc1ccc2sc3cccc(-c4ccc(-c5cccc6sc7ccc(C#N)cc7c56)c(-c5ccccc5C#N)c4)c3c2c1. The molecule has 0 aliphatic rings. The minimum atomic E-state index is 0.609. The minimum absolute atomic E-state index is 0.609. The molecule has 5 heteroatoms. The van der Waals surface area contributed by atoms with Gasteiger partial charge in [0.15, 0.2) is 0 Å².